The minimum Gasteiger partial charge on any atom is -0.360 e. The zero-order chi connectivity index (χ0) is 15.2. The van der Waals surface area contributed by atoms with Gasteiger partial charge in [0.2, 0.25) is 0 Å². The topological polar surface area (TPSA) is 91.0 Å². The van der Waals surface area contributed by atoms with E-state index >= 15 is 0 Å². The molecule has 7 heteroatoms. The molecule has 0 bridgehead atoms. The van der Waals surface area contributed by atoms with Crippen molar-refractivity contribution in [3.05, 3.63) is 52.9 Å². The van der Waals surface area contributed by atoms with Gasteiger partial charge in [0.05, 0.1) is 0 Å². The number of halogens is 1. The molecule has 1 aromatic carbocycles. The minimum absolute atomic E-state index is 0.0920. The Bertz CT molecular complexity index is 713. The van der Waals surface area contributed by atoms with Gasteiger partial charge >= 0.3 is 0 Å². The van der Waals surface area contributed by atoms with E-state index < -0.39 is 5.91 Å². The maximum atomic E-state index is 11.9. The smallest absolute Gasteiger partial charge is 0.267 e. The first-order chi connectivity index (χ1) is 10.1. The van der Waals surface area contributed by atoms with Crippen molar-refractivity contribution in [1.29, 1.82) is 5.26 Å². The van der Waals surface area contributed by atoms with Gasteiger partial charge in [0.15, 0.2) is 5.82 Å². The highest BCUT2D eigenvalue weighted by atomic mass is 35.5. The molecule has 0 atom stereocenters. The second-order valence-electron chi connectivity index (χ2n) is 4.10. The lowest BCUT2D eigenvalue weighted by Gasteiger charge is -2.04. The van der Waals surface area contributed by atoms with Gasteiger partial charge in [-0.05, 0) is 31.2 Å². The molecule has 2 N–H and O–H groups in total. The number of nitrogens with one attached hydrogen (secondary N) is 2. The van der Waals surface area contributed by atoms with E-state index in [9.17, 15) is 4.79 Å². The fraction of sp³-hybridized carbons (Fsp3) is 0.0714. The van der Waals surface area contributed by atoms with E-state index in [1.54, 1.807) is 37.3 Å². The van der Waals surface area contributed by atoms with E-state index in [1.165, 1.54) is 6.20 Å². The molecule has 0 aliphatic carbocycles. The van der Waals surface area contributed by atoms with Crippen LogP contribution in [-0.4, -0.2) is 11.1 Å². The number of nitrogens with zero attached hydrogens (tertiary/aromatic N) is 2. The van der Waals surface area contributed by atoms with E-state index in [2.05, 4.69) is 15.8 Å². The van der Waals surface area contributed by atoms with Crippen LogP contribution in [0.4, 0.5) is 11.5 Å². The highest BCUT2D eigenvalue weighted by Crippen LogP contribution is 2.14. The summed E-state index contributed by atoms with van der Waals surface area (Å²) in [5, 5.41) is 18.6. The van der Waals surface area contributed by atoms with E-state index in [0.29, 0.717) is 22.3 Å². The summed E-state index contributed by atoms with van der Waals surface area (Å²) in [6, 6.07) is 10.0. The van der Waals surface area contributed by atoms with Crippen LogP contribution in [-0.2, 0) is 4.79 Å². The number of benzene rings is 1. The van der Waals surface area contributed by atoms with Gasteiger partial charge in [0, 0.05) is 23.0 Å². The Morgan fingerprint density at radius 3 is 2.71 bits per heavy atom. The number of carbonyl (C=O) groups is 1. The Morgan fingerprint density at radius 1 is 1.43 bits per heavy atom. The number of rotatable bonds is 4. The summed E-state index contributed by atoms with van der Waals surface area (Å²) in [5.41, 5.74) is 0.452. The van der Waals surface area contributed by atoms with Crippen molar-refractivity contribution in [2.75, 3.05) is 10.6 Å². The first-order valence-corrected chi connectivity index (χ1v) is 6.33. The van der Waals surface area contributed by atoms with Crippen LogP contribution in [0.15, 0.2) is 46.6 Å². The Morgan fingerprint density at radius 2 is 2.14 bits per heavy atom. The lowest BCUT2D eigenvalue weighted by Crippen LogP contribution is -2.14. The average Bonchev–Trinajstić information content (AvgIpc) is 2.88. The minimum atomic E-state index is -0.535. The Labute approximate surface area is 126 Å². The molecular weight excluding hydrogens is 292 g/mol. The zero-order valence-corrected chi connectivity index (χ0v) is 11.8. The Kier molecular flexibility index (Phi) is 4.59. The molecule has 0 aliphatic rings. The summed E-state index contributed by atoms with van der Waals surface area (Å²) in [5.74, 6) is 0.502. The molecule has 1 amide bonds. The lowest BCUT2D eigenvalue weighted by molar-refractivity contribution is -0.112. The van der Waals surface area contributed by atoms with Crippen molar-refractivity contribution >= 4 is 29.0 Å². The van der Waals surface area contributed by atoms with Crippen LogP contribution in [0.5, 0.6) is 0 Å². The molecule has 0 spiro atoms. The van der Waals surface area contributed by atoms with Crippen molar-refractivity contribution in [2.45, 2.75) is 6.92 Å². The number of carbonyl (C=O) groups excluding carboxylic acids is 1. The van der Waals surface area contributed by atoms with Gasteiger partial charge in [-0.1, -0.05) is 16.8 Å². The quantitative estimate of drug-likeness (QED) is 0.669. The Hall–Kier alpha value is -2.78. The molecule has 2 aromatic rings. The molecule has 21 heavy (non-hydrogen) atoms. The van der Waals surface area contributed by atoms with E-state index in [0.717, 1.165) is 0 Å². The number of aryl methyl sites for hydroxylation is 1. The van der Waals surface area contributed by atoms with E-state index in [1.807, 2.05) is 6.07 Å². The number of amides is 1. The highest BCUT2D eigenvalue weighted by Gasteiger charge is 2.09. The van der Waals surface area contributed by atoms with Crippen LogP contribution < -0.4 is 10.6 Å². The summed E-state index contributed by atoms with van der Waals surface area (Å²) in [6.45, 7) is 1.74. The van der Waals surface area contributed by atoms with E-state index in [-0.39, 0.29) is 5.57 Å². The van der Waals surface area contributed by atoms with Gasteiger partial charge in [0.25, 0.3) is 5.91 Å². The van der Waals surface area contributed by atoms with Crippen molar-refractivity contribution in [3.8, 4) is 6.07 Å². The van der Waals surface area contributed by atoms with Crippen LogP contribution in [0.25, 0.3) is 0 Å². The number of anilines is 2. The standard InChI is InChI=1S/C14H11ClN4O2/c1-9-6-13(19-21-9)17-8-10(7-16)14(20)18-12-4-2-11(15)3-5-12/h2-6,8H,1H3,(H,17,19)(H,18,20)/b10-8-. The number of nitriles is 1. The molecule has 0 saturated heterocycles. The number of hydrogen-bond donors (Lipinski definition) is 2. The maximum absolute atomic E-state index is 11.9. The summed E-state index contributed by atoms with van der Waals surface area (Å²) in [4.78, 5) is 11.9. The maximum Gasteiger partial charge on any atom is 0.267 e. The average molecular weight is 303 g/mol. The predicted molar refractivity (Wildman–Crippen MR) is 78.6 cm³/mol. The molecule has 6 nitrogen and oxygen atoms in total. The van der Waals surface area contributed by atoms with Crippen molar-refractivity contribution < 1.29 is 9.32 Å². The fourth-order valence-electron chi connectivity index (χ4n) is 1.46. The second kappa shape index (κ2) is 6.59. The van der Waals surface area contributed by atoms with Crippen LogP contribution in [0.2, 0.25) is 5.02 Å². The largest absolute Gasteiger partial charge is 0.360 e. The third-order valence-corrected chi connectivity index (χ3v) is 2.71. The lowest BCUT2D eigenvalue weighted by atomic mass is 10.2. The molecule has 1 aromatic heterocycles. The molecule has 0 aliphatic heterocycles. The van der Waals surface area contributed by atoms with E-state index in [4.69, 9.17) is 21.4 Å². The van der Waals surface area contributed by atoms with Crippen LogP contribution in [0.1, 0.15) is 5.76 Å². The summed E-state index contributed by atoms with van der Waals surface area (Å²) in [7, 11) is 0. The summed E-state index contributed by atoms with van der Waals surface area (Å²) in [6.07, 6.45) is 1.27. The van der Waals surface area contributed by atoms with Gasteiger partial charge in [0.1, 0.15) is 17.4 Å². The third-order valence-electron chi connectivity index (χ3n) is 2.46. The Balaban J connectivity index is 2.04. The first kappa shape index (κ1) is 14.6. The van der Waals surface area contributed by atoms with Crippen molar-refractivity contribution in [3.63, 3.8) is 0 Å². The molecule has 1 heterocycles. The third kappa shape index (κ3) is 4.09. The molecule has 0 fully saturated rings. The molecule has 106 valence electrons. The second-order valence-corrected chi connectivity index (χ2v) is 4.53. The van der Waals surface area contributed by atoms with Crippen LogP contribution >= 0.6 is 11.6 Å². The van der Waals surface area contributed by atoms with Gasteiger partial charge < -0.3 is 15.2 Å². The number of aromatic nitrogens is 1. The summed E-state index contributed by atoms with van der Waals surface area (Å²) < 4.78 is 4.86. The normalized spacial score (nSPS) is 10.8. The van der Waals surface area contributed by atoms with Crippen molar-refractivity contribution in [2.24, 2.45) is 0 Å². The predicted octanol–water partition coefficient (Wildman–Crippen LogP) is 3.09. The summed E-state index contributed by atoms with van der Waals surface area (Å²) >= 11 is 5.76. The van der Waals surface area contributed by atoms with Crippen LogP contribution in [0, 0.1) is 18.3 Å². The van der Waals surface area contributed by atoms with Gasteiger partial charge in [-0.25, -0.2) is 0 Å². The van der Waals surface area contributed by atoms with Gasteiger partial charge in [-0.3, -0.25) is 4.79 Å². The molecule has 0 radical (unpaired) electrons. The fourth-order valence-corrected chi connectivity index (χ4v) is 1.59. The molecular formula is C14H11ClN4O2. The zero-order valence-electron chi connectivity index (χ0n) is 11.1. The highest BCUT2D eigenvalue weighted by molar-refractivity contribution is 6.30. The number of hydrogen-bond acceptors (Lipinski definition) is 5. The van der Waals surface area contributed by atoms with Crippen LogP contribution in [0.3, 0.4) is 0 Å². The van der Waals surface area contributed by atoms with Crippen molar-refractivity contribution in [1.82, 2.24) is 5.16 Å². The molecule has 2 rings (SSSR count). The monoisotopic (exact) mass is 302 g/mol. The first-order valence-electron chi connectivity index (χ1n) is 5.95. The van der Waals surface area contributed by atoms with Gasteiger partial charge in [-0.2, -0.15) is 5.26 Å². The van der Waals surface area contributed by atoms with Gasteiger partial charge in [-0.15, -0.1) is 0 Å². The molecule has 0 saturated carbocycles. The SMILES string of the molecule is Cc1cc(N/C=C(/C#N)C(=O)Nc2ccc(Cl)cc2)no1. The molecule has 0 unspecified atom stereocenters.